The van der Waals surface area contributed by atoms with Crippen molar-refractivity contribution in [3.8, 4) is 0 Å². The molecule has 0 bridgehead atoms. The van der Waals surface area contributed by atoms with Gasteiger partial charge in [0.15, 0.2) is 0 Å². The van der Waals surface area contributed by atoms with E-state index in [9.17, 15) is 9.59 Å². The van der Waals surface area contributed by atoms with Crippen molar-refractivity contribution in [2.45, 2.75) is 32.7 Å². The number of amides is 1. The zero-order valence-corrected chi connectivity index (χ0v) is 13.9. The lowest BCUT2D eigenvalue weighted by Gasteiger charge is -2.19. The minimum absolute atomic E-state index is 0.0377. The van der Waals surface area contributed by atoms with Gasteiger partial charge in [0, 0.05) is 0 Å². The fraction of sp³-hybridized carbons (Fsp3) is 0.300. The minimum atomic E-state index is -0.960. The topological polar surface area (TPSA) is 66.4 Å². The molecule has 1 aliphatic carbocycles. The summed E-state index contributed by atoms with van der Waals surface area (Å²) in [7, 11) is 0. The van der Waals surface area contributed by atoms with E-state index in [2.05, 4.69) is 37.4 Å². The number of carbonyl (C=O) groups excluding carboxylic acids is 1. The second kappa shape index (κ2) is 6.48. The van der Waals surface area contributed by atoms with E-state index in [-0.39, 0.29) is 23.9 Å². The number of rotatable bonds is 4. The molecule has 0 saturated carbocycles. The van der Waals surface area contributed by atoms with Crippen LogP contribution in [0.25, 0.3) is 0 Å². The standard InChI is InChI=1S/C20H21NO3/c1-12-3-6-16-10-13(2)19(17(16)9-12)21-18(22)11-14-4-7-15(8-5-14)20(23)24/h3-9,13,19H,10-11H2,1-2H3,(H,21,22)(H,23,24). The predicted octanol–water partition coefficient (Wildman–Crippen LogP) is 3.29. The van der Waals surface area contributed by atoms with Crippen molar-refractivity contribution >= 4 is 11.9 Å². The average Bonchev–Trinajstić information content (AvgIpc) is 2.83. The van der Waals surface area contributed by atoms with Crippen molar-refractivity contribution in [1.82, 2.24) is 5.32 Å². The average molecular weight is 323 g/mol. The van der Waals surface area contributed by atoms with Crippen LogP contribution in [0.15, 0.2) is 42.5 Å². The number of hydrogen-bond donors (Lipinski definition) is 2. The molecule has 0 aromatic heterocycles. The number of carboxylic acids is 1. The van der Waals surface area contributed by atoms with Crippen molar-refractivity contribution in [1.29, 1.82) is 0 Å². The third kappa shape index (κ3) is 3.32. The lowest BCUT2D eigenvalue weighted by atomic mass is 10.0. The van der Waals surface area contributed by atoms with Crippen molar-refractivity contribution in [2.24, 2.45) is 5.92 Å². The Kier molecular flexibility index (Phi) is 4.38. The first-order valence-electron chi connectivity index (χ1n) is 8.15. The lowest BCUT2D eigenvalue weighted by Crippen LogP contribution is -2.31. The van der Waals surface area contributed by atoms with E-state index in [0.717, 1.165) is 12.0 Å². The molecule has 0 fully saturated rings. The van der Waals surface area contributed by atoms with E-state index < -0.39 is 5.97 Å². The highest BCUT2D eigenvalue weighted by molar-refractivity contribution is 5.87. The zero-order valence-electron chi connectivity index (χ0n) is 13.9. The number of fused-ring (bicyclic) bond motifs is 1. The number of aromatic carboxylic acids is 1. The number of carboxylic acid groups (broad SMARTS) is 1. The molecule has 1 amide bonds. The quantitative estimate of drug-likeness (QED) is 0.907. The molecule has 2 aromatic carbocycles. The Morgan fingerprint density at radius 1 is 1.17 bits per heavy atom. The van der Waals surface area contributed by atoms with E-state index in [1.807, 2.05) is 0 Å². The van der Waals surface area contributed by atoms with Gasteiger partial charge in [-0.15, -0.1) is 0 Å². The molecule has 2 unspecified atom stereocenters. The molecule has 4 heteroatoms. The first kappa shape index (κ1) is 16.2. The fourth-order valence-corrected chi connectivity index (χ4v) is 3.36. The Morgan fingerprint density at radius 3 is 2.54 bits per heavy atom. The van der Waals surface area contributed by atoms with Gasteiger partial charge in [-0.05, 0) is 48.1 Å². The number of hydrogen-bond acceptors (Lipinski definition) is 2. The Labute approximate surface area is 141 Å². The highest BCUT2D eigenvalue weighted by Gasteiger charge is 2.30. The van der Waals surface area contributed by atoms with Crippen molar-refractivity contribution in [2.75, 3.05) is 0 Å². The monoisotopic (exact) mass is 323 g/mol. The van der Waals surface area contributed by atoms with Gasteiger partial charge in [0.25, 0.3) is 0 Å². The molecule has 0 aliphatic heterocycles. The molecule has 0 saturated heterocycles. The Bertz CT molecular complexity index is 780. The fourth-order valence-electron chi connectivity index (χ4n) is 3.36. The van der Waals surface area contributed by atoms with Crippen LogP contribution in [0.2, 0.25) is 0 Å². The minimum Gasteiger partial charge on any atom is -0.478 e. The molecule has 24 heavy (non-hydrogen) atoms. The van der Waals surface area contributed by atoms with Gasteiger partial charge in [-0.1, -0.05) is 42.8 Å². The van der Waals surface area contributed by atoms with Crippen LogP contribution in [-0.4, -0.2) is 17.0 Å². The van der Waals surface area contributed by atoms with Gasteiger partial charge in [-0.3, -0.25) is 4.79 Å². The summed E-state index contributed by atoms with van der Waals surface area (Å²) in [4.78, 5) is 23.3. The molecular weight excluding hydrogens is 302 g/mol. The van der Waals surface area contributed by atoms with E-state index in [1.165, 1.54) is 28.8 Å². The molecule has 1 aliphatic rings. The maximum Gasteiger partial charge on any atom is 0.335 e. The summed E-state index contributed by atoms with van der Waals surface area (Å²) in [5, 5.41) is 12.1. The second-order valence-corrected chi connectivity index (χ2v) is 6.61. The summed E-state index contributed by atoms with van der Waals surface area (Å²) in [5.41, 5.74) is 4.77. The number of aryl methyl sites for hydroxylation is 1. The van der Waals surface area contributed by atoms with Gasteiger partial charge in [0.1, 0.15) is 0 Å². The Balaban J connectivity index is 1.69. The molecule has 3 rings (SSSR count). The van der Waals surface area contributed by atoms with Crippen molar-refractivity contribution < 1.29 is 14.7 Å². The van der Waals surface area contributed by atoms with Gasteiger partial charge in [-0.25, -0.2) is 4.79 Å². The smallest absolute Gasteiger partial charge is 0.335 e. The van der Waals surface area contributed by atoms with Gasteiger partial charge >= 0.3 is 5.97 Å². The SMILES string of the molecule is Cc1ccc2c(c1)C(NC(=O)Cc1ccc(C(=O)O)cc1)C(C)C2. The summed E-state index contributed by atoms with van der Waals surface area (Å²) in [6.45, 7) is 4.22. The van der Waals surface area contributed by atoms with Crippen LogP contribution in [0.1, 0.15) is 45.6 Å². The predicted molar refractivity (Wildman–Crippen MR) is 92.0 cm³/mol. The molecule has 4 nitrogen and oxygen atoms in total. The van der Waals surface area contributed by atoms with Gasteiger partial charge in [0.05, 0.1) is 18.0 Å². The van der Waals surface area contributed by atoms with E-state index in [4.69, 9.17) is 5.11 Å². The summed E-state index contributed by atoms with van der Waals surface area (Å²) in [6.07, 6.45) is 1.23. The number of benzene rings is 2. The van der Waals surface area contributed by atoms with E-state index in [0.29, 0.717) is 5.92 Å². The highest BCUT2D eigenvalue weighted by atomic mass is 16.4. The highest BCUT2D eigenvalue weighted by Crippen LogP contribution is 2.36. The maximum atomic E-state index is 12.4. The normalized spacial score (nSPS) is 18.9. The Hall–Kier alpha value is -2.62. The lowest BCUT2D eigenvalue weighted by molar-refractivity contribution is -0.121. The van der Waals surface area contributed by atoms with Gasteiger partial charge in [0.2, 0.25) is 5.91 Å². The van der Waals surface area contributed by atoms with E-state index >= 15 is 0 Å². The van der Waals surface area contributed by atoms with Crippen LogP contribution in [0, 0.1) is 12.8 Å². The second-order valence-electron chi connectivity index (χ2n) is 6.61. The summed E-state index contributed by atoms with van der Waals surface area (Å²) in [6, 6.07) is 12.9. The third-order valence-electron chi connectivity index (χ3n) is 4.63. The summed E-state index contributed by atoms with van der Waals surface area (Å²) in [5.74, 6) is -0.623. The van der Waals surface area contributed by atoms with Gasteiger partial charge < -0.3 is 10.4 Å². The molecule has 2 atom stereocenters. The molecule has 124 valence electrons. The van der Waals surface area contributed by atoms with Crippen LogP contribution in [0.3, 0.4) is 0 Å². The third-order valence-corrected chi connectivity index (χ3v) is 4.63. The van der Waals surface area contributed by atoms with Crippen LogP contribution >= 0.6 is 0 Å². The molecule has 0 radical (unpaired) electrons. The molecule has 0 heterocycles. The summed E-state index contributed by atoms with van der Waals surface area (Å²) >= 11 is 0. The van der Waals surface area contributed by atoms with Crippen molar-refractivity contribution in [3.05, 3.63) is 70.3 Å². The van der Waals surface area contributed by atoms with Crippen LogP contribution in [0.5, 0.6) is 0 Å². The van der Waals surface area contributed by atoms with Crippen LogP contribution in [0.4, 0.5) is 0 Å². The van der Waals surface area contributed by atoms with Crippen LogP contribution in [-0.2, 0) is 17.6 Å². The first-order chi connectivity index (χ1) is 11.4. The summed E-state index contributed by atoms with van der Waals surface area (Å²) < 4.78 is 0. The molecule has 2 aromatic rings. The Morgan fingerprint density at radius 2 is 1.88 bits per heavy atom. The van der Waals surface area contributed by atoms with Crippen LogP contribution < -0.4 is 5.32 Å². The van der Waals surface area contributed by atoms with Crippen molar-refractivity contribution in [3.63, 3.8) is 0 Å². The molecule has 2 N–H and O–H groups in total. The maximum absolute atomic E-state index is 12.4. The molecule has 0 spiro atoms. The zero-order chi connectivity index (χ0) is 17.3. The largest absolute Gasteiger partial charge is 0.478 e. The number of carbonyl (C=O) groups is 2. The molecular formula is C20H21NO3. The number of nitrogens with one attached hydrogen (secondary N) is 1. The first-order valence-corrected chi connectivity index (χ1v) is 8.15. The van der Waals surface area contributed by atoms with Gasteiger partial charge in [-0.2, -0.15) is 0 Å². The van der Waals surface area contributed by atoms with E-state index in [1.54, 1.807) is 12.1 Å².